The summed E-state index contributed by atoms with van der Waals surface area (Å²) in [6.07, 6.45) is 8.47. The SMILES string of the molecule is CN(C)C1=CCC(C=C2C(=O)NC(=S)NC2=O)C=C1. The molecule has 1 fully saturated rings. The molecule has 2 aliphatic rings. The molecule has 1 heterocycles. The standard InChI is InChI=1S/C13H15N3O2S/c1-16(2)9-5-3-8(4-6-9)7-10-11(17)14-13(19)15-12(10)18/h3,5-8H,4H2,1-2H3,(H2,14,15,17,18,19). The molecular weight excluding hydrogens is 262 g/mol. The molecule has 19 heavy (non-hydrogen) atoms. The van der Waals surface area contributed by atoms with Crippen LogP contribution in [0, 0.1) is 5.92 Å². The Morgan fingerprint density at radius 1 is 1.32 bits per heavy atom. The van der Waals surface area contributed by atoms with Gasteiger partial charge in [0, 0.05) is 19.8 Å². The number of nitrogens with one attached hydrogen (secondary N) is 2. The van der Waals surface area contributed by atoms with E-state index in [0.717, 1.165) is 12.1 Å². The smallest absolute Gasteiger partial charge is 0.262 e. The third-order valence-electron chi connectivity index (χ3n) is 2.95. The molecule has 0 radical (unpaired) electrons. The van der Waals surface area contributed by atoms with Gasteiger partial charge in [0.25, 0.3) is 11.8 Å². The summed E-state index contributed by atoms with van der Waals surface area (Å²) in [5.74, 6) is -0.837. The summed E-state index contributed by atoms with van der Waals surface area (Å²) in [5, 5.41) is 4.90. The molecule has 1 saturated heterocycles. The lowest BCUT2D eigenvalue weighted by Gasteiger charge is -2.21. The van der Waals surface area contributed by atoms with Gasteiger partial charge in [0.2, 0.25) is 0 Å². The molecule has 2 amide bonds. The van der Waals surface area contributed by atoms with Crippen LogP contribution in [0.25, 0.3) is 0 Å². The fourth-order valence-electron chi connectivity index (χ4n) is 1.92. The average Bonchev–Trinajstić information content (AvgIpc) is 2.34. The lowest BCUT2D eigenvalue weighted by atomic mass is 9.95. The van der Waals surface area contributed by atoms with Crippen LogP contribution in [0.2, 0.25) is 0 Å². The highest BCUT2D eigenvalue weighted by Crippen LogP contribution is 2.20. The van der Waals surface area contributed by atoms with Gasteiger partial charge in [-0.15, -0.1) is 0 Å². The Morgan fingerprint density at radius 2 is 1.95 bits per heavy atom. The van der Waals surface area contributed by atoms with Crippen LogP contribution in [-0.2, 0) is 9.59 Å². The molecule has 1 aliphatic heterocycles. The second kappa shape index (κ2) is 5.36. The second-order valence-corrected chi connectivity index (χ2v) is 5.01. The minimum Gasteiger partial charge on any atom is -0.378 e. The summed E-state index contributed by atoms with van der Waals surface area (Å²) in [7, 11) is 3.94. The van der Waals surface area contributed by atoms with Crippen LogP contribution in [0.5, 0.6) is 0 Å². The zero-order valence-electron chi connectivity index (χ0n) is 10.8. The van der Waals surface area contributed by atoms with Gasteiger partial charge in [0.05, 0.1) is 0 Å². The lowest BCUT2D eigenvalue weighted by molar-refractivity contribution is -0.123. The summed E-state index contributed by atoms with van der Waals surface area (Å²) >= 11 is 4.74. The maximum absolute atomic E-state index is 11.7. The van der Waals surface area contributed by atoms with Crippen LogP contribution in [0.3, 0.4) is 0 Å². The first-order chi connectivity index (χ1) is 8.97. The van der Waals surface area contributed by atoms with E-state index in [4.69, 9.17) is 12.2 Å². The van der Waals surface area contributed by atoms with Crippen molar-refractivity contribution in [3.05, 3.63) is 35.6 Å². The van der Waals surface area contributed by atoms with Gasteiger partial charge >= 0.3 is 0 Å². The maximum atomic E-state index is 11.7. The van der Waals surface area contributed by atoms with Crippen LogP contribution in [0.15, 0.2) is 35.6 Å². The Balaban J connectivity index is 2.11. The van der Waals surface area contributed by atoms with E-state index in [1.165, 1.54) is 0 Å². The Bertz CT molecular complexity index is 510. The minimum atomic E-state index is -0.440. The molecule has 5 nitrogen and oxygen atoms in total. The first-order valence-electron chi connectivity index (χ1n) is 5.91. The van der Waals surface area contributed by atoms with Crippen LogP contribution in [-0.4, -0.2) is 35.9 Å². The van der Waals surface area contributed by atoms with Gasteiger partial charge in [-0.1, -0.05) is 18.2 Å². The van der Waals surface area contributed by atoms with Crippen molar-refractivity contribution >= 4 is 29.1 Å². The minimum absolute atomic E-state index is 0.0434. The molecule has 2 rings (SSSR count). The summed E-state index contributed by atoms with van der Waals surface area (Å²) < 4.78 is 0. The summed E-state index contributed by atoms with van der Waals surface area (Å²) in [6.45, 7) is 0. The Kier molecular flexibility index (Phi) is 3.80. The number of rotatable bonds is 2. The van der Waals surface area contributed by atoms with E-state index in [-0.39, 0.29) is 16.6 Å². The highest BCUT2D eigenvalue weighted by molar-refractivity contribution is 7.80. The number of allylic oxidation sites excluding steroid dienone is 4. The Labute approximate surface area is 117 Å². The van der Waals surface area contributed by atoms with Gasteiger partial charge in [-0.05, 0) is 30.6 Å². The number of carbonyl (C=O) groups excluding carboxylic acids is 2. The molecule has 0 aromatic rings. The quantitative estimate of drug-likeness (QED) is 0.437. The van der Waals surface area contributed by atoms with Crippen molar-refractivity contribution in [2.24, 2.45) is 5.92 Å². The predicted molar refractivity (Wildman–Crippen MR) is 76.0 cm³/mol. The first kappa shape index (κ1) is 13.5. The average molecular weight is 277 g/mol. The topological polar surface area (TPSA) is 61.4 Å². The summed E-state index contributed by atoms with van der Waals surface area (Å²) in [5.41, 5.74) is 1.23. The van der Waals surface area contributed by atoms with Crippen LogP contribution in [0.4, 0.5) is 0 Å². The molecule has 1 unspecified atom stereocenters. The molecule has 2 N–H and O–H groups in total. The molecule has 6 heteroatoms. The fourth-order valence-corrected chi connectivity index (χ4v) is 2.11. The number of carbonyl (C=O) groups is 2. The van der Waals surface area contributed by atoms with Gasteiger partial charge in [0.15, 0.2) is 5.11 Å². The fraction of sp³-hybridized carbons (Fsp3) is 0.308. The van der Waals surface area contributed by atoms with Crippen molar-refractivity contribution in [2.45, 2.75) is 6.42 Å². The van der Waals surface area contributed by atoms with Gasteiger partial charge < -0.3 is 4.90 Å². The first-order valence-corrected chi connectivity index (χ1v) is 6.32. The monoisotopic (exact) mass is 277 g/mol. The number of hydrogen-bond acceptors (Lipinski definition) is 4. The van der Waals surface area contributed by atoms with E-state index >= 15 is 0 Å². The molecule has 1 aliphatic carbocycles. The Morgan fingerprint density at radius 3 is 2.42 bits per heavy atom. The molecule has 1 atom stereocenters. The zero-order chi connectivity index (χ0) is 14.0. The number of nitrogens with zero attached hydrogens (tertiary/aromatic N) is 1. The van der Waals surface area contributed by atoms with Gasteiger partial charge in [-0.2, -0.15) is 0 Å². The lowest BCUT2D eigenvalue weighted by Crippen LogP contribution is -2.51. The molecule has 0 aromatic carbocycles. The second-order valence-electron chi connectivity index (χ2n) is 4.60. The largest absolute Gasteiger partial charge is 0.378 e. The van der Waals surface area contributed by atoms with E-state index in [1.807, 2.05) is 31.1 Å². The third-order valence-corrected chi connectivity index (χ3v) is 3.16. The highest BCUT2D eigenvalue weighted by atomic mass is 32.1. The van der Waals surface area contributed by atoms with E-state index in [0.29, 0.717) is 0 Å². The van der Waals surface area contributed by atoms with Crippen molar-refractivity contribution in [1.29, 1.82) is 0 Å². The van der Waals surface area contributed by atoms with Crippen LogP contribution >= 0.6 is 12.2 Å². The van der Waals surface area contributed by atoms with Crippen molar-refractivity contribution < 1.29 is 9.59 Å². The van der Waals surface area contributed by atoms with E-state index in [1.54, 1.807) is 6.08 Å². The number of likely N-dealkylation sites (N-methyl/N-ethyl adjacent to an activating group) is 1. The number of amides is 2. The molecular formula is C13H15N3O2S. The summed E-state index contributed by atoms with van der Waals surface area (Å²) in [6, 6.07) is 0. The van der Waals surface area contributed by atoms with Crippen molar-refractivity contribution in [3.63, 3.8) is 0 Å². The number of thiocarbonyl (C=S) groups is 1. The third kappa shape index (κ3) is 3.08. The van der Waals surface area contributed by atoms with E-state index in [9.17, 15) is 9.59 Å². The van der Waals surface area contributed by atoms with Crippen LogP contribution in [0.1, 0.15) is 6.42 Å². The molecule has 0 spiro atoms. The van der Waals surface area contributed by atoms with Crippen molar-refractivity contribution in [2.75, 3.05) is 14.1 Å². The predicted octanol–water partition coefficient (Wildman–Crippen LogP) is 0.465. The highest BCUT2D eigenvalue weighted by Gasteiger charge is 2.26. The van der Waals surface area contributed by atoms with Crippen molar-refractivity contribution in [3.8, 4) is 0 Å². The molecule has 100 valence electrons. The molecule has 0 aromatic heterocycles. The van der Waals surface area contributed by atoms with Crippen LogP contribution < -0.4 is 10.6 Å². The molecule has 0 saturated carbocycles. The number of hydrogen-bond donors (Lipinski definition) is 2. The van der Waals surface area contributed by atoms with Crippen molar-refractivity contribution in [1.82, 2.24) is 15.5 Å². The molecule has 0 bridgehead atoms. The van der Waals surface area contributed by atoms with Gasteiger partial charge in [0.1, 0.15) is 5.57 Å². The van der Waals surface area contributed by atoms with E-state index < -0.39 is 11.8 Å². The van der Waals surface area contributed by atoms with E-state index in [2.05, 4.69) is 16.7 Å². The Hall–Kier alpha value is -1.95. The maximum Gasteiger partial charge on any atom is 0.262 e. The van der Waals surface area contributed by atoms with Gasteiger partial charge in [-0.25, -0.2) is 0 Å². The van der Waals surface area contributed by atoms with Gasteiger partial charge in [-0.3, -0.25) is 20.2 Å². The normalized spacial score (nSPS) is 22.6. The zero-order valence-corrected chi connectivity index (χ0v) is 11.6. The summed E-state index contributed by atoms with van der Waals surface area (Å²) in [4.78, 5) is 25.4.